The van der Waals surface area contributed by atoms with Crippen molar-refractivity contribution in [3.63, 3.8) is 0 Å². The number of pyridine rings is 1. The molecule has 0 unspecified atom stereocenters. The lowest BCUT2D eigenvalue weighted by atomic mass is 10.1. The Morgan fingerprint density at radius 3 is 2.17 bits per heavy atom. The van der Waals surface area contributed by atoms with E-state index in [2.05, 4.69) is 15.1 Å². The predicted octanol–water partition coefficient (Wildman–Crippen LogP) is 3.61. The summed E-state index contributed by atoms with van der Waals surface area (Å²) in [5.41, 5.74) is -1.45. The summed E-state index contributed by atoms with van der Waals surface area (Å²) in [7, 11) is -4.62. The van der Waals surface area contributed by atoms with Gasteiger partial charge in [0.1, 0.15) is 4.90 Å². The number of benzene rings is 1. The van der Waals surface area contributed by atoms with Crippen LogP contribution in [-0.2, 0) is 22.5 Å². The standard InChI is InChI=1S/C15H8F6N4O3S/c16-14(17,18)9-3-1-2-8(6-9)12-23-13(15(19,20)21)24-25(12)11-5-4-10(7-22-11)29(26,27)28/h1-7H,(H,26,27,28). The van der Waals surface area contributed by atoms with E-state index in [0.29, 0.717) is 16.9 Å². The minimum atomic E-state index is -5.00. The van der Waals surface area contributed by atoms with Gasteiger partial charge in [0.15, 0.2) is 11.6 Å². The molecule has 154 valence electrons. The Kier molecular flexibility index (Phi) is 4.86. The highest BCUT2D eigenvalue weighted by atomic mass is 32.2. The highest BCUT2D eigenvalue weighted by Crippen LogP contribution is 2.34. The van der Waals surface area contributed by atoms with Gasteiger partial charge in [0.2, 0.25) is 0 Å². The Balaban J connectivity index is 2.19. The van der Waals surface area contributed by atoms with Gasteiger partial charge >= 0.3 is 12.4 Å². The Morgan fingerprint density at radius 2 is 1.66 bits per heavy atom. The van der Waals surface area contributed by atoms with E-state index in [1.54, 1.807) is 0 Å². The molecule has 3 rings (SSSR count). The van der Waals surface area contributed by atoms with Crippen molar-refractivity contribution in [2.24, 2.45) is 0 Å². The van der Waals surface area contributed by atoms with Gasteiger partial charge in [0, 0.05) is 5.56 Å². The lowest BCUT2D eigenvalue weighted by molar-refractivity contribution is -0.144. The highest BCUT2D eigenvalue weighted by molar-refractivity contribution is 7.85. The first-order valence-corrected chi connectivity index (χ1v) is 8.86. The van der Waals surface area contributed by atoms with Gasteiger partial charge in [0.25, 0.3) is 15.9 Å². The van der Waals surface area contributed by atoms with Gasteiger partial charge in [-0.05, 0) is 24.3 Å². The SMILES string of the molecule is O=S(=O)(O)c1ccc(-n2nc(C(F)(F)F)nc2-c2cccc(C(F)(F)F)c2)nc1. The van der Waals surface area contributed by atoms with Crippen LogP contribution in [0.1, 0.15) is 11.4 Å². The second kappa shape index (κ2) is 6.81. The van der Waals surface area contributed by atoms with E-state index in [1.807, 2.05) is 0 Å². The van der Waals surface area contributed by atoms with Crippen molar-refractivity contribution >= 4 is 10.1 Å². The third-order valence-corrected chi connectivity index (χ3v) is 4.38. The van der Waals surface area contributed by atoms with Crippen LogP contribution in [-0.4, -0.2) is 32.7 Å². The smallest absolute Gasteiger partial charge is 0.282 e. The molecular formula is C15H8F6N4O3S. The molecule has 0 aliphatic heterocycles. The van der Waals surface area contributed by atoms with Crippen molar-refractivity contribution < 1.29 is 39.3 Å². The summed E-state index contributed by atoms with van der Waals surface area (Å²) < 4.78 is 110. The van der Waals surface area contributed by atoms with Crippen LogP contribution in [0.15, 0.2) is 47.5 Å². The summed E-state index contributed by atoms with van der Waals surface area (Å²) in [4.78, 5) is 6.23. The maximum absolute atomic E-state index is 13.1. The summed E-state index contributed by atoms with van der Waals surface area (Å²) >= 11 is 0. The molecule has 0 saturated heterocycles. The molecule has 0 aliphatic rings. The van der Waals surface area contributed by atoms with Crippen LogP contribution in [0.4, 0.5) is 26.3 Å². The van der Waals surface area contributed by atoms with Crippen molar-refractivity contribution in [2.45, 2.75) is 17.2 Å². The fourth-order valence-electron chi connectivity index (χ4n) is 2.26. The lowest BCUT2D eigenvalue weighted by Gasteiger charge is -2.09. The summed E-state index contributed by atoms with van der Waals surface area (Å²) in [5.74, 6) is -2.60. The average Bonchev–Trinajstić information content (AvgIpc) is 3.06. The Hall–Kier alpha value is -3.00. The van der Waals surface area contributed by atoms with Crippen molar-refractivity contribution in [2.75, 3.05) is 0 Å². The highest BCUT2D eigenvalue weighted by Gasteiger charge is 2.38. The van der Waals surface area contributed by atoms with E-state index in [4.69, 9.17) is 4.55 Å². The molecule has 1 N–H and O–H groups in total. The topological polar surface area (TPSA) is 98.0 Å². The van der Waals surface area contributed by atoms with Crippen LogP contribution in [0.25, 0.3) is 17.2 Å². The fraction of sp³-hybridized carbons (Fsp3) is 0.133. The Bertz CT molecular complexity index is 1150. The maximum Gasteiger partial charge on any atom is 0.453 e. The summed E-state index contributed by atoms with van der Waals surface area (Å²) in [6, 6.07) is 5.15. The van der Waals surface area contributed by atoms with E-state index in [9.17, 15) is 34.8 Å². The second-order valence-electron chi connectivity index (χ2n) is 5.57. The Labute approximate surface area is 158 Å². The summed E-state index contributed by atoms with van der Waals surface area (Å²) in [6.07, 6.45) is -9.10. The zero-order valence-corrected chi connectivity index (χ0v) is 14.6. The summed E-state index contributed by atoms with van der Waals surface area (Å²) in [5, 5.41) is 3.24. The number of hydrogen-bond donors (Lipinski definition) is 1. The molecule has 14 heteroatoms. The molecule has 2 aromatic heterocycles. The number of nitrogens with zero attached hydrogens (tertiary/aromatic N) is 4. The number of halogens is 6. The maximum atomic E-state index is 13.1. The first-order chi connectivity index (χ1) is 13.3. The molecule has 0 amide bonds. The molecule has 2 heterocycles. The van der Waals surface area contributed by atoms with Gasteiger partial charge < -0.3 is 0 Å². The van der Waals surface area contributed by atoms with Gasteiger partial charge in [-0.3, -0.25) is 4.55 Å². The molecular weight excluding hydrogens is 430 g/mol. The van der Waals surface area contributed by atoms with Gasteiger partial charge in [-0.15, -0.1) is 5.10 Å². The lowest BCUT2D eigenvalue weighted by Crippen LogP contribution is -2.09. The molecule has 29 heavy (non-hydrogen) atoms. The number of rotatable bonds is 3. The van der Waals surface area contributed by atoms with E-state index in [0.717, 1.165) is 30.3 Å². The van der Waals surface area contributed by atoms with E-state index in [1.165, 1.54) is 0 Å². The largest absolute Gasteiger partial charge is 0.453 e. The Morgan fingerprint density at radius 1 is 0.966 bits per heavy atom. The molecule has 0 fully saturated rings. The minimum Gasteiger partial charge on any atom is -0.282 e. The van der Waals surface area contributed by atoms with Crippen molar-refractivity contribution in [1.82, 2.24) is 19.7 Å². The average molecular weight is 438 g/mol. The van der Waals surface area contributed by atoms with Crippen LogP contribution in [0.3, 0.4) is 0 Å². The van der Waals surface area contributed by atoms with Gasteiger partial charge in [-0.1, -0.05) is 12.1 Å². The molecule has 0 bridgehead atoms. The first kappa shape index (κ1) is 20.7. The van der Waals surface area contributed by atoms with Crippen molar-refractivity contribution in [3.05, 3.63) is 54.0 Å². The van der Waals surface area contributed by atoms with E-state index < -0.39 is 44.6 Å². The van der Waals surface area contributed by atoms with Crippen LogP contribution >= 0.6 is 0 Å². The minimum absolute atomic E-state index is 0.330. The van der Waals surface area contributed by atoms with Gasteiger partial charge in [0.05, 0.1) is 11.8 Å². The van der Waals surface area contributed by atoms with Crippen LogP contribution < -0.4 is 0 Å². The molecule has 0 aliphatic carbocycles. The molecule has 7 nitrogen and oxygen atoms in total. The number of alkyl halides is 6. The predicted molar refractivity (Wildman–Crippen MR) is 84.4 cm³/mol. The molecule has 3 aromatic rings. The normalized spacial score (nSPS) is 12.9. The zero-order valence-electron chi connectivity index (χ0n) is 13.8. The summed E-state index contributed by atoms with van der Waals surface area (Å²) in [6.45, 7) is 0. The van der Waals surface area contributed by atoms with E-state index in [-0.39, 0.29) is 11.4 Å². The molecule has 1 aromatic carbocycles. The quantitative estimate of drug-likeness (QED) is 0.496. The van der Waals surface area contributed by atoms with Crippen LogP contribution in [0, 0.1) is 0 Å². The third-order valence-electron chi connectivity index (χ3n) is 3.54. The van der Waals surface area contributed by atoms with Crippen LogP contribution in [0.5, 0.6) is 0 Å². The zero-order chi connectivity index (χ0) is 21.6. The molecule has 0 saturated carbocycles. The number of aromatic nitrogens is 4. The van der Waals surface area contributed by atoms with Crippen molar-refractivity contribution in [1.29, 1.82) is 0 Å². The first-order valence-electron chi connectivity index (χ1n) is 7.42. The van der Waals surface area contributed by atoms with Gasteiger partial charge in [-0.2, -0.15) is 39.4 Å². The molecule has 0 spiro atoms. The van der Waals surface area contributed by atoms with Gasteiger partial charge in [-0.25, -0.2) is 9.97 Å². The molecule has 0 atom stereocenters. The number of hydrogen-bond acceptors (Lipinski definition) is 5. The van der Waals surface area contributed by atoms with Crippen LogP contribution in [0.2, 0.25) is 0 Å². The molecule has 0 radical (unpaired) electrons. The fourth-order valence-corrected chi connectivity index (χ4v) is 2.69. The van der Waals surface area contributed by atoms with Crippen molar-refractivity contribution in [3.8, 4) is 17.2 Å². The monoisotopic (exact) mass is 438 g/mol. The third kappa shape index (κ3) is 4.37. The second-order valence-corrected chi connectivity index (χ2v) is 7.00. The van der Waals surface area contributed by atoms with E-state index >= 15 is 0 Å².